The Morgan fingerprint density at radius 3 is 2.65 bits per heavy atom. The molecular formula is C15H25NS. The van der Waals surface area contributed by atoms with Gasteiger partial charge in [-0.1, -0.05) is 32.6 Å². The van der Waals surface area contributed by atoms with Crippen molar-refractivity contribution in [1.82, 2.24) is 0 Å². The third-order valence-corrected chi connectivity index (χ3v) is 5.20. The Kier molecular flexibility index (Phi) is 5.05. The standard InChI is InChI=1S/C15H25NS/c1-2-14-9-10-15(17-14)11-13(16)8-7-12-5-3-4-6-12/h9-10,12-13H,2-8,11,16H2,1H3. The monoisotopic (exact) mass is 251 g/mol. The lowest BCUT2D eigenvalue weighted by atomic mass is 9.97. The number of hydrogen-bond acceptors (Lipinski definition) is 2. The van der Waals surface area contributed by atoms with E-state index in [1.807, 2.05) is 11.3 Å². The highest BCUT2D eigenvalue weighted by molar-refractivity contribution is 7.11. The molecule has 1 aromatic rings. The predicted octanol–water partition coefficient (Wildman–Crippen LogP) is 4.15. The zero-order chi connectivity index (χ0) is 12.1. The summed E-state index contributed by atoms with van der Waals surface area (Å²) in [5.74, 6) is 0.982. The molecule has 2 heteroatoms. The quantitative estimate of drug-likeness (QED) is 0.807. The Balaban J connectivity index is 1.70. The molecule has 0 saturated heterocycles. The number of rotatable bonds is 6. The first kappa shape index (κ1) is 13.1. The molecule has 1 aromatic heterocycles. The average molecular weight is 251 g/mol. The molecule has 0 aromatic carbocycles. The molecule has 2 N–H and O–H groups in total. The largest absolute Gasteiger partial charge is 0.327 e. The van der Waals surface area contributed by atoms with Crippen LogP contribution in [0.3, 0.4) is 0 Å². The van der Waals surface area contributed by atoms with E-state index in [-0.39, 0.29) is 0 Å². The number of nitrogens with two attached hydrogens (primary N) is 1. The summed E-state index contributed by atoms with van der Waals surface area (Å²) < 4.78 is 0. The molecule has 1 atom stereocenters. The minimum atomic E-state index is 0.374. The van der Waals surface area contributed by atoms with Crippen LogP contribution in [0.1, 0.15) is 55.2 Å². The van der Waals surface area contributed by atoms with Gasteiger partial charge in [0.25, 0.3) is 0 Å². The lowest BCUT2D eigenvalue weighted by molar-refractivity contribution is 0.448. The van der Waals surface area contributed by atoms with Crippen molar-refractivity contribution in [2.45, 2.75) is 64.3 Å². The van der Waals surface area contributed by atoms with Crippen molar-refractivity contribution in [3.63, 3.8) is 0 Å². The van der Waals surface area contributed by atoms with Crippen molar-refractivity contribution in [2.24, 2.45) is 11.7 Å². The molecule has 0 aliphatic heterocycles. The van der Waals surface area contributed by atoms with E-state index < -0.39 is 0 Å². The summed E-state index contributed by atoms with van der Waals surface area (Å²) in [6.07, 6.45) is 10.6. The summed E-state index contributed by atoms with van der Waals surface area (Å²) in [5, 5.41) is 0. The number of aryl methyl sites for hydroxylation is 1. The molecule has 0 spiro atoms. The van der Waals surface area contributed by atoms with E-state index in [9.17, 15) is 0 Å². The molecule has 1 unspecified atom stereocenters. The van der Waals surface area contributed by atoms with E-state index in [0.717, 1.165) is 18.8 Å². The molecule has 1 fully saturated rings. The van der Waals surface area contributed by atoms with Gasteiger partial charge in [0.05, 0.1) is 0 Å². The van der Waals surface area contributed by atoms with Gasteiger partial charge >= 0.3 is 0 Å². The van der Waals surface area contributed by atoms with E-state index in [0.29, 0.717) is 6.04 Å². The number of thiophene rings is 1. The van der Waals surface area contributed by atoms with Gasteiger partial charge in [0.2, 0.25) is 0 Å². The van der Waals surface area contributed by atoms with Crippen molar-refractivity contribution < 1.29 is 0 Å². The van der Waals surface area contributed by atoms with E-state index in [2.05, 4.69) is 19.1 Å². The normalized spacial score (nSPS) is 18.7. The van der Waals surface area contributed by atoms with Crippen molar-refractivity contribution in [3.05, 3.63) is 21.9 Å². The minimum Gasteiger partial charge on any atom is -0.327 e. The van der Waals surface area contributed by atoms with Crippen LogP contribution in [0.25, 0.3) is 0 Å². The summed E-state index contributed by atoms with van der Waals surface area (Å²) >= 11 is 1.94. The molecule has 1 aliphatic rings. The van der Waals surface area contributed by atoms with Gasteiger partial charge in [0.1, 0.15) is 0 Å². The maximum Gasteiger partial charge on any atom is 0.00872 e. The van der Waals surface area contributed by atoms with Gasteiger partial charge in [0.15, 0.2) is 0 Å². The van der Waals surface area contributed by atoms with Crippen molar-refractivity contribution in [1.29, 1.82) is 0 Å². The first-order valence-electron chi connectivity index (χ1n) is 7.11. The Bertz CT molecular complexity index is 325. The average Bonchev–Trinajstić information content (AvgIpc) is 2.97. The van der Waals surface area contributed by atoms with Crippen LogP contribution in [-0.2, 0) is 12.8 Å². The van der Waals surface area contributed by atoms with Gasteiger partial charge in [-0.05, 0) is 43.7 Å². The zero-order valence-corrected chi connectivity index (χ0v) is 11.8. The highest BCUT2D eigenvalue weighted by Crippen LogP contribution is 2.29. The molecule has 0 bridgehead atoms. The van der Waals surface area contributed by atoms with Crippen LogP contribution < -0.4 is 5.73 Å². The first-order chi connectivity index (χ1) is 8.28. The molecule has 1 saturated carbocycles. The molecule has 0 amide bonds. The Morgan fingerprint density at radius 2 is 2.00 bits per heavy atom. The van der Waals surface area contributed by atoms with Crippen LogP contribution in [0.4, 0.5) is 0 Å². The summed E-state index contributed by atoms with van der Waals surface area (Å²) in [5.41, 5.74) is 6.24. The van der Waals surface area contributed by atoms with Crippen LogP contribution in [0.15, 0.2) is 12.1 Å². The van der Waals surface area contributed by atoms with Crippen LogP contribution >= 0.6 is 11.3 Å². The number of hydrogen-bond donors (Lipinski definition) is 1. The highest BCUT2D eigenvalue weighted by Gasteiger charge is 2.16. The maximum absolute atomic E-state index is 6.24. The second kappa shape index (κ2) is 6.55. The SMILES string of the molecule is CCc1ccc(CC(N)CCC2CCCC2)s1. The van der Waals surface area contributed by atoms with E-state index >= 15 is 0 Å². The van der Waals surface area contributed by atoms with Gasteiger partial charge in [0, 0.05) is 15.8 Å². The lowest BCUT2D eigenvalue weighted by Crippen LogP contribution is -2.23. The molecule has 96 valence electrons. The first-order valence-corrected chi connectivity index (χ1v) is 7.92. The molecule has 2 rings (SSSR count). The summed E-state index contributed by atoms with van der Waals surface area (Å²) in [4.78, 5) is 2.96. The Morgan fingerprint density at radius 1 is 1.29 bits per heavy atom. The third kappa shape index (κ3) is 4.11. The minimum absolute atomic E-state index is 0.374. The van der Waals surface area contributed by atoms with Crippen LogP contribution in [-0.4, -0.2) is 6.04 Å². The molecule has 1 nitrogen and oxygen atoms in total. The van der Waals surface area contributed by atoms with E-state index in [1.54, 1.807) is 0 Å². The van der Waals surface area contributed by atoms with E-state index in [1.165, 1.54) is 48.3 Å². The summed E-state index contributed by atoms with van der Waals surface area (Å²) in [6, 6.07) is 4.89. The Labute approximate surface area is 109 Å². The van der Waals surface area contributed by atoms with Crippen LogP contribution in [0, 0.1) is 5.92 Å². The molecule has 0 radical (unpaired) electrons. The lowest BCUT2D eigenvalue weighted by Gasteiger charge is -2.13. The van der Waals surface area contributed by atoms with Crippen molar-refractivity contribution in [3.8, 4) is 0 Å². The third-order valence-electron chi connectivity index (χ3n) is 3.95. The molecule has 1 aliphatic carbocycles. The second-order valence-corrected chi connectivity index (χ2v) is 6.67. The van der Waals surface area contributed by atoms with Crippen LogP contribution in [0.2, 0.25) is 0 Å². The zero-order valence-electron chi connectivity index (χ0n) is 11.0. The fraction of sp³-hybridized carbons (Fsp3) is 0.733. The van der Waals surface area contributed by atoms with Crippen molar-refractivity contribution in [2.75, 3.05) is 0 Å². The maximum atomic E-state index is 6.24. The smallest absolute Gasteiger partial charge is 0.00872 e. The van der Waals surface area contributed by atoms with Gasteiger partial charge in [-0.15, -0.1) is 11.3 Å². The second-order valence-electron chi connectivity index (χ2n) is 5.41. The Hall–Kier alpha value is -0.340. The molecule has 17 heavy (non-hydrogen) atoms. The van der Waals surface area contributed by atoms with Gasteiger partial charge < -0.3 is 5.73 Å². The fourth-order valence-electron chi connectivity index (χ4n) is 2.83. The van der Waals surface area contributed by atoms with Crippen LogP contribution in [0.5, 0.6) is 0 Å². The van der Waals surface area contributed by atoms with Gasteiger partial charge in [-0.25, -0.2) is 0 Å². The summed E-state index contributed by atoms with van der Waals surface area (Å²) in [6.45, 7) is 2.22. The highest BCUT2D eigenvalue weighted by atomic mass is 32.1. The predicted molar refractivity (Wildman–Crippen MR) is 76.6 cm³/mol. The van der Waals surface area contributed by atoms with Crippen molar-refractivity contribution >= 4 is 11.3 Å². The fourth-order valence-corrected chi connectivity index (χ4v) is 3.88. The summed E-state index contributed by atoms with van der Waals surface area (Å²) in [7, 11) is 0. The molecule has 1 heterocycles. The topological polar surface area (TPSA) is 26.0 Å². The van der Waals surface area contributed by atoms with E-state index in [4.69, 9.17) is 5.73 Å². The van der Waals surface area contributed by atoms with Gasteiger partial charge in [-0.3, -0.25) is 0 Å². The molecular weight excluding hydrogens is 226 g/mol. The van der Waals surface area contributed by atoms with Gasteiger partial charge in [-0.2, -0.15) is 0 Å².